The van der Waals surface area contributed by atoms with Crippen LogP contribution >= 0.6 is 0 Å². The second kappa shape index (κ2) is 10.6. The lowest BCUT2D eigenvalue weighted by Crippen LogP contribution is -2.29. The summed E-state index contributed by atoms with van der Waals surface area (Å²) in [5.74, 6) is 1.22. The van der Waals surface area contributed by atoms with Gasteiger partial charge < -0.3 is 5.73 Å². The minimum Gasteiger partial charge on any atom is -0.329 e. The normalized spacial score (nSPS) is 11.5. The molecule has 0 bridgehead atoms. The largest absolute Gasteiger partial charge is 0.329 e. The molecule has 4 aromatic rings. The molecule has 4 rings (SSSR count). The summed E-state index contributed by atoms with van der Waals surface area (Å²) in [5, 5.41) is 0. The predicted octanol–water partition coefficient (Wildman–Crippen LogP) is 2.06. The number of sulfonamides is 1. The lowest BCUT2D eigenvalue weighted by Gasteiger charge is -2.08. The van der Waals surface area contributed by atoms with E-state index in [-0.39, 0.29) is 18.0 Å². The monoisotopic (exact) mass is 475 g/mol. The Morgan fingerprint density at radius 3 is 2.32 bits per heavy atom. The highest BCUT2D eigenvalue weighted by Gasteiger charge is 2.13. The molecular formula is C24H25N7O2S. The zero-order valence-electron chi connectivity index (χ0n) is 18.7. The highest BCUT2D eigenvalue weighted by Crippen LogP contribution is 2.15. The van der Waals surface area contributed by atoms with Crippen LogP contribution in [0, 0.1) is 6.92 Å². The van der Waals surface area contributed by atoms with Crippen molar-refractivity contribution in [2.75, 3.05) is 13.1 Å². The third-order valence-corrected chi connectivity index (χ3v) is 6.47. The summed E-state index contributed by atoms with van der Waals surface area (Å²) in [6, 6.07) is 16.1. The molecule has 1 aromatic carbocycles. The Bertz CT molecular complexity index is 1380. The Hall–Kier alpha value is -3.60. The third-order valence-electron chi connectivity index (χ3n) is 4.99. The first-order valence-corrected chi connectivity index (χ1v) is 12.3. The molecule has 9 nitrogen and oxygen atoms in total. The van der Waals surface area contributed by atoms with E-state index in [9.17, 15) is 8.42 Å². The fourth-order valence-corrected chi connectivity index (χ4v) is 4.39. The van der Waals surface area contributed by atoms with Crippen molar-refractivity contribution in [3.8, 4) is 11.5 Å². The average molecular weight is 476 g/mol. The molecule has 0 aliphatic carbocycles. The highest BCUT2D eigenvalue weighted by molar-refractivity contribution is 7.89. The van der Waals surface area contributed by atoms with Crippen molar-refractivity contribution in [1.29, 1.82) is 0 Å². The van der Waals surface area contributed by atoms with Crippen molar-refractivity contribution in [3.63, 3.8) is 0 Å². The second-order valence-corrected chi connectivity index (χ2v) is 9.45. The summed E-state index contributed by atoms with van der Waals surface area (Å²) in [6.45, 7) is 2.37. The Balaban J connectivity index is 1.46. The van der Waals surface area contributed by atoms with E-state index in [1.54, 1.807) is 36.7 Å². The van der Waals surface area contributed by atoms with Crippen molar-refractivity contribution in [2.45, 2.75) is 24.7 Å². The van der Waals surface area contributed by atoms with Crippen LogP contribution in [0.4, 0.5) is 0 Å². The molecule has 0 amide bonds. The summed E-state index contributed by atoms with van der Waals surface area (Å²) >= 11 is 0. The van der Waals surface area contributed by atoms with Gasteiger partial charge in [0.25, 0.3) is 0 Å². The molecule has 3 N–H and O–H groups in total. The predicted molar refractivity (Wildman–Crippen MR) is 128 cm³/mol. The Morgan fingerprint density at radius 2 is 1.59 bits per heavy atom. The van der Waals surface area contributed by atoms with E-state index in [1.165, 1.54) is 0 Å². The first-order chi connectivity index (χ1) is 16.4. The zero-order valence-corrected chi connectivity index (χ0v) is 19.5. The third kappa shape index (κ3) is 6.04. The van der Waals surface area contributed by atoms with Crippen molar-refractivity contribution in [2.24, 2.45) is 5.73 Å². The lowest BCUT2D eigenvalue weighted by atomic mass is 10.1. The van der Waals surface area contributed by atoms with Gasteiger partial charge in [-0.3, -0.25) is 0 Å². The minimum absolute atomic E-state index is 0.194. The Kier molecular flexibility index (Phi) is 7.31. The first-order valence-electron chi connectivity index (χ1n) is 10.8. The van der Waals surface area contributed by atoms with E-state index < -0.39 is 10.0 Å². The van der Waals surface area contributed by atoms with Gasteiger partial charge in [0.05, 0.1) is 16.3 Å². The van der Waals surface area contributed by atoms with Gasteiger partial charge in [-0.15, -0.1) is 0 Å². The summed E-state index contributed by atoms with van der Waals surface area (Å²) in [4.78, 5) is 22.7. The molecule has 0 atom stereocenters. The summed E-state index contributed by atoms with van der Waals surface area (Å²) in [6.07, 6.45) is 4.45. The number of benzene rings is 1. The van der Waals surface area contributed by atoms with Crippen molar-refractivity contribution < 1.29 is 8.42 Å². The van der Waals surface area contributed by atoms with Crippen LogP contribution in [-0.4, -0.2) is 46.4 Å². The number of aryl methyl sites for hydroxylation is 1. The summed E-state index contributed by atoms with van der Waals surface area (Å²) in [5.41, 5.74) is 9.58. The fourth-order valence-electron chi connectivity index (χ4n) is 3.34. The van der Waals surface area contributed by atoms with E-state index in [0.717, 1.165) is 28.3 Å². The van der Waals surface area contributed by atoms with Gasteiger partial charge in [-0.1, -0.05) is 18.2 Å². The van der Waals surface area contributed by atoms with Gasteiger partial charge in [-0.2, -0.15) is 0 Å². The van der Waals surface area contributed by atoms with E-state index in [2.05, 4.69) is 29.6 Å². The maximum absolute atomic E-state index is 12.2. The van der Waals surface area contributed by atoms with Crippen molar-refractivity contribution in [1.82, 2.24) is 29.6 Å². The van der Waals surface area contributed by atoms with Gasteiger partial charge in [-0.25, -0.2) is 38.1 Å². The second-order valence-electron chi connectivity index (χ2n) is 7.68. The highest BCUT2D eigenvalue weighted by atomic mass is 32.2. The number of nitrogens with two attached hydrogens (primary N) is 1. The van der Waals surface area contributed by atoms with Gasteiger partial charge in [0.1, 0.15) is 11.5 Å². The van der Waals surface area contributed by atoms with Crippen LogP contribution in [0.2, 0.25) is 0 Å². The van der Waals surface area contributed by atoms with Crippen LogP contribution in [0.5, 0.6) is 0 Å². The standard InChI is InChI=1S/C24H25N7O2S/c1-17-3-2-4-22(29-17)24-27-13-10-20(31-24)16-19-9-12-26-23(30-19)15-18-5-7-21(8-6-18)34(32,33)28-14-11-25/h2-10,12-13,28H,11,14-16,25H2,1H3. The lowest BCUT2D eigenvalue weighted by molar-refractivity contribution is 0.582. The molecule has 0 radical (unpaired) electrons. The maximum atomic E-state index is 12.2. The Labute approximate surface area is 198 Å². The van der Waals surface area contributed by atoms with Gasteiger partial charge in [0, 0.05) is 44.0 Å². The summed E-state index contributed by atoms with van der Waals surface area (Å²) in [7, 11) is -3.56. The van der Waals surface area contributed by atoms with Crippen LogP contribution in [0.25, 0.3) is 11.5 Å². The smallest absolute Gasteiger partial charge is 0.240 e. The topological polar surface area (TPSA) is 137 Å². The number of rotatable bonds is 9. The van der Waals surface area contributed by atoms with Crippen molar-refractivity contribution in [3.05, 3.63) is 95.5 Å². The molecule has 0 unspecified atom stereocenters. The molecule has 0 aliphatic rings. The molecule has 0 saturated heterocycles. The number of pyridine rings is 1. The van der Waals surface area contributed by atoms with Crippen LogP contribution in [0.3, 0.4) is 0 Å². The van der Waals surface area contributed by atoms with Crippen LogP contribution in [0.1, 0.15) is 28.5 Å². The molecule has 3 aromatic heterocycles. The van der Waals surface area contributed by atoms with Crippen LogP contribution in [0.15, 0.2) is 71.9 Å². The molecule has 10 heteroatoms. The minimum atomic E-state index is -3.56. The maximum Gasteiger partial charge on any atom is 0.240 e. The molecule has 3 heterocycles. The zero-order chi connectivity index (χ0) is 24.0. The molecular weight excluding hydrogens is 450 g/mol. The van der Waals surface area contributed by atoms with Gasteiger partial charge >= 0.3 is 0 Å². The van der Waals surface area contributed by atoms with Gasteiger partial charge in [0.2, 0.25) is 10.0 Å². The first kappa shape index (κ1) is 23.6. The molecule has 34 heavy (non-hydrogen) atoms. The number of hydrogen-bond donors (Lipinski definition) is 2. The van der Waals surface area contributed by atoms with E-state index in [0.29, 0.717) is 24.5 Å². The number of aromatic nitrogens is 5. The number of nitrogens with zero attached hydrogens (tertiary/aromatic N) is 5. The van der Waals surface area contributed by atoms with Gasteiger partial charge in [-0.05, 0) is 48.9 Å². The van der Waals surface area contributed by atoms with Crippen molar-refractivity contribution >= 4 is 10.0 Å². The number of hydrogen-bond acceptors (Lipinski definition) is 8. The van der Waals surface area contributed by atoms with Gasteiger partial charge in [0.15, 0.2) is 5.82 Å². The molecule has 174 valence electrons. The molecule has 0 saturated carbocycles. The van der Waals surface area contributed by atoms with E-state index >= 15 is 0 Å². The van der Waals surface area contributed by atoms with E-state index in [4.69, 9.17) is 5.73 Å². The number of nitrogens with one attached hydrogen (secondary N) is 1. The van der Waals surface area contributed by atoms with E-state index in [1.807, 2.05) is 37.3 Å². The molecule has 0 aliphatic heterocycles. The quantitative estimate of drug-likeness (QED) is 0.375. The molecule has 0 fully saturated rings. The SMILES string of the molecule is Cc1cccc(-c2nccc(Cc3ccnc(Cc4ccc(S(=O)(=O)NCCN)cc4)n3)n2)n1. The fraction of sp³-hybridized carbons (Fsp3) is 0.208. The summed E-state index contributed by atoms with van der Waals surface area (Å²) < 4.78 is 26.9. The molecule has 0 spiro atoms. The van der Waals surface area contributed by atoms with Crippen LogP contribution < -0.4 is 10.5 Å². The Morgan fingerprint density at radius 1 is 0.853 bits per heavy atom. The average Bonchev–Trinajstić information content (AvgIpc) is 2.84. The van der Waals surface area contributed by atoms with Crippen LogP contribution in [-0.2, 0) is 22.9 Å².